The highest BCUT2D eigenvalue weighted by Crippen LogP contribution is 2.32. The summed E-state index contributed by atoms with van der Waals surface area (Å²) in [6, 6.07) is 6.94. The van der Waals surface area contributed by atoms with Gasteiger partial charge in [0.2, 0.25) is 0 Å². The molecule has 1 aliphatic rings. The number of fused-ring (bicyclic) bond motifs is 1. The highest BCUT2D eigenvalue weighted by Gasteiger charge is 2.31. The van der Waals surface area contributed by atoms with Gasteiger partial charge in [0.1, 0.15) is 21.7 Å². The third-order valence-corrected chi connectivity index (χ3v) is 3.56. The van der Waals surface area contributed by atoms with E-state index in [0.29, 0.717) is 16.9 Å². The number of aryl methyl sites for hydroxylation is 1. The van der Waals surface area contributed by atoms with Crippen molar-refractivity contribution < 1.29 is 27.4 Å². The highest BCUT2D eigenvalue weighted by molar-refractivity contribution is 7.71. The SMILES string of the molecule is Cc1cc2c(c(=S)[nH]1)C(=O)O/C2=C\c1ccc(OC(F)(F)F)cc1. The number of carbonyl (C=O) groups excluding carboxylic acids is 1. The molecule has 24 heavy (non-hydrogen) atoms. The van der Waals surface area contributed by atoms with Crippen LogP contribution in [0.3, 0.4) is 0 Å². The lowest BCUT2D eigenvalue weighted by Crippen LogP contribution is -2.16. The fourth-order valence-electron chi connectivity index (χ4n) is 2.32. The minimum Gasteiger partial charge on any atom is -0.422 e. The van der Waals surface area contributed by atoms with Gasteiger partial charge in [-0.3, -0.25) is 0 Å². The lowest BCUT2D eigenvalue weighted by atomic mass is 10.1. The fraction of sp³-hybridized carbons (Fsp3) is 0.125. The zero-order valence-corrected chi connectivity index (χ0v) is 13.0. The Morgan fingerprint density at radius 3 is 2.54 bits per heavy atom. The third kappa shape index (κ3) is 3.33. The van der Waals surface area contributed by atoms with Gasteiger partial charge in [0.15, 0.2) is 0 Å². The zero-order chi connectivity index (χ0) is 17.5. The van der Waals surface area contributed by atoms with Crippen molar-refractivity contribution in [2.75, 3.05) is 0 Å². The minimum atomic E-state index is -4.74. The number of aromatic amines is 1. The van der Waals surface area contributed by atoms with E-state index in [-0.39, 0.29) is 16.0 Å². The van der Waals surface area contributed by atoms with Crippen molar-refractivity contribution in [3.05, 3.63) is 57.4 Å². The van der Waals surface area contributed by atoms with E-state index < -0.39 is 12.3 Å². The number of hydrogen-bond acceptors (Lipinski definition) is 4. The van der Waals surface area contributed by atoms with Crippen LogP contribution in [0.4, 0.5) is 13.2 Å². The first kappa shape index (κ1) is 16.3. The molecule has 0 spiro atoms. The molecule has 0 saturated carbocycles. The van der Waals surface area contributed by atoms with E-state index in [2.05, 4.69) is 9.72 Å². The number of esters is 1. The predicted molar refractivity (Wildman–Crippen MR) is 82.8 cm³/mol. The Labute approximate surface area is 139 Å². The van der Waals surface area contributed by atoms with Crippen LogP contribution < -0.4 is 4.74 Å². The number of aromatic nitrogens is 1. The lowest BCUT2D eigenvalue weighted by Gasteiger charge is -2.08. The van der Waals surface area contributed by atoms with Gasteiger partial charge in [0.25, 0.3) is 0 Å². The highest BCUT2D eigenvalue weighted by atomic mass is 32.1. The molecule has 0 aliphatic carbocycles. The van der Waals surface area contributed by atoms with Crippen LogP contribution in [0.1, 0.15) is 27.2 Å². The number of halogens is 3. The number of ether oxygens (including phenoxy) is 2. The maximum atomic E-state index is 12.1. The standard InChI is InChI=1S/C16H10F3NO3S/c1-8-6-11-12(22-15(21)13(11)14(24)20-8)7-9-2-4-10(5-3-9)23-16(17,18)19/h2-7H,1H3,(H,20,24)/b12-7-. The molecular formula is C16H10F3NO3S. The van der Waals surface area contributed by atoms with Gasteiger partial charge in [-0.2, -0.15) is 0 Å². The average Bonchev–Trinajstić information content (AvgIpc) is 2.76. The summed E-state index contributed by atoms with van der Waals surface area (Å²) in [5.41, 5.74) is 2.14. The second-order valence-corrected chi connectivity index (χ2v) is 5.49. The van der Waals surface area contributed by atoms with E-state index in [1.165, 1.54) is 24.3 Å². The number of benzene rings is 1. The Bertz CT molecular complexity index is 898. The topological polar surface area (TPSA) is 51.3 Å². The third-order valence-electron chi connectivity index (χ3n) is 3.25. The summed E-state index contributed by atoms with van der Waals surface area (Å²) in [5, 5.41) is 0. The Kier molecular flexibility index (Phi) is 3.92. The number of pyridine rings is 1. The summed E-state index contributed by atoms with van der Waals surface area (Å²) in [6.07, 6.45) is -3.19. The van der Waals surface area contributed by atoms with Crippen molar-refractivity contribution in [2.45, 2.75) is 13.3 Å². The number of cyclic esters (lactones) is 1. The van der Waals surface area contributed by atoms with Crippen molar-refractivity contribution in [1.82, 2.24) is 4.98 Å². The molecule has 0 fully saturated rings. The molecule has 0 saturated heterocycles. The van der Waals surface area contributed by atoms with Gasteiger partial charge in [0, 0.05) is 11.3 Å². The molecule has 0 amide bonds. The molecule has 3 rings (SSSR count). The molecule has 4 nitrogen and oxygen atoms in total. The summed E-state index contributed by atoms with van der Waals surface area (Å²) < 4.78 is 45.7. The van der Waals surface area contributed by atoms with Gasteiger partial charge < -0.3 is 14.5 Å². The van der Waals surface area contributed by atoms with Crippen molar-refractivity contribution >= 4 is 30.0 Å². The summed E-state index contributed by atoms with van der Waals surface area (Å²) in [6.45, 7) is 1.79. The lowest BCUT2D eigenvalue weighted by molar-refractivity contribution is -0.274. The molecule has 1 aromatic carbocycles. The normalized spacial score (nSPS) is 15.3. The molecule has 2 heterocycles. The summed E-state index contributed by atoms with van der Waals surface area (Å²) in [4.78, 5) is 14.8. The average molecular weight is 353 g/mol. The van der Waals surface area contributed by atoms with Crippen molar-refractivity contribution in [3.8, 4) is 5.75 Å². The van der Waals surface area contributed by atoms with E-state index in [0.717, 1.165) is 5.69 Å². The number of alkyl halides is 3. The van der Waals surface area contributed by atoms with Crippen LogP contribution in [-0.2, 0) is 4.74 Å². The van der Waals surface area contributed by atoms with E-state index in [1.54, 1.807) is 19.1 Å². The second kappa shape index (κ2) is 5.79. The molecule has 0 radical (unpaired) electrons. The van der Waals surface area contributed by atoms with Gasteiger partial charge >= 0.3 is 12.3 Å². The Balaban J connectivity index is 1.94. The number of hydrogen-bond donors (Lipinski definition) is 1. The van der Waals surface area contributed by atoms with E-state index in [9.17, 15) is 18.0 Å². The Hall–Kier alpha value is -2.61. The van der Waals surface area contributed by atoms with E-state index >= 15 is 0 Å². The zero-order valence-electron chi connectivity index (χ0n) is 12.2. The van der Waals surface area contributed by atoms with E-state index in [4.69, 9.17) is 17.0 Å². The molecule has 1 aromatic heterocycles. The van der Waals surface area contributed by atoms with Crippen LogP contribution in [0.5, 0.6) is 5.75 Å². The van der Waals surface area contributed by atoms with Crippen LogP contribution in [0.15, 0.2) is 30.3 Å². The monoisotopic (exact) mass is 353 g/mol. The largest absolute Gasteiger partial charge is 0.573 e. The molecule has 1 N–H and O–H groups in total. The first-order chi connectivity index (χ1) is 11.2. The van der Waals surface area contributed by atoms with Gasteiger partial charge in [-0.1, -0.05) is 24.4 Å². The van der Waals surface area contributed by atoms with Gasteiger partial charge in [-0.25, -0.2) is 4.79 Å². The number of nitrogens with one attached hydrogen (secondary N) is 1. The predicted octanol–water partition coefficient (Wildman–Crippen LogP) is 4.62. The van der Waals surface area contributed by atoms with Crippen LogP contribution in [0.25, 0.3) is 11.8 Å². The molecule has 0 bridgehead atoms. The number of H-pyrrole nitrogens is 1. The maximum absolute atomic E-state index is 12.1. The van der Waals surface area contributed by atoms with Gasteiger partial charge in [-0.05, 0) is 36.8 Å². The van der Waals surface area contributed by atoms with E-state index in [1.807, 2.05) is 0 Å². The first-order valence-electron chi connectivity index (χ1n) is 6.77. The van der Waals surface area contributed by atoms with Crippen molar-refractivity contribution in [1.29, 1.82) is 0 Å². The van der Waals surface area contributed by atoms with Gasteiger partial charge in [0.05, 0.1) is 0 Å². The minimum absolute atomic E-state index is 0.277. The van der Waals surface area contributed by atoms with Crippen LogP contribution in [0.2, 0.25) is 0 Å². The fourth-order valence-corrected chi connectivity index (χ4v) is 2.67. The van der Waals surface area contributed by atoms with Crippen LogP contribution in [0, 0.1) is 11.6 Å². The second-order valence-electron chi connectivity index (χ2n) is 5.09. The molecule has 1 aliphatic heterocycles. The summed E-state index contributed by atoms with van der Waals surface area (Å²) in [7, 11) is 0. The molecular weight excluding hydrogens is 343 g/mol. The molecule has 2 aromatic rings. The van der Waals surface area contributed by atoms with Gasteiger partial charge in [-0.15, -0.1) is 13.2 Å². The maximum Gasteiger partial charge on any atom is 0.573 e. The molecule has 124 valence electrons. The van der Waals surface area contributed by atoms with Crippen molar-refractivity contribution in [3.63, 3.8) is 0 Å². The van der Waals surface area contributed by atoms with Crippen molar-refractivity contribution in [2.24, 2.45) is 0 Å². The summed E-state index contributed by atoms with van der Waals surface area (Å²) >= 11 is 5.12. The van der Waals surface area contributed by atoms with Crippen LogP contribution in [-0.4, -0.2) is 17.3 Å². The molecule has 8 heteroatoms. The summed E-state index contributed by atoms with van der Waals surface area (Å²) in [5.74, 6) is -0.594. The van der Waals surface area contributed by atoms with Crippen LogP contribution >= 0.6 is 12.2 Å². The smallest absolute Gasteiger partial charge is 0.422 e. The Morgan fingerprint density at radius 2 is 1.92 bits per heavy atom. The number of rotatable bonds is 2. The number of carbonyl (C=O) groups is 1. The quantitative estimate of drug-likeness (QED) is 0.632. The Morgan fingerprint density at radius 1 is 1.25 bits per heavy atom. The molecule has 0 unspecified atom stereocenters. The molecule has 0 atom stereocenters. The first-order valence-corrected chi connectivity index (χ1v) is 7.18.